The maximum atomic E-state index is 5.13. The molecule has 54 valence electrons. The van der Waals surface area contributed by atoms with Crippen molar-refractivity contribution in [1.82, 2.24) is 0 Å². The fraction of sp³-hybridized carbons (Fsp3) is 0.500. The molecule has 0 radical (unpaired) electrons. The maximum absolute atomic E-state index is 5.13. The zero-order valence-corrected chi connectivity index (χ0v) is 7.10. The van der Waals surface area contributed by atoms with Gasteiger partial charge in [0.2, 0.25) is 0 Å². The summed E-state index contributed by atoms with van der Waals surface area (Å²) in [5, 5.41) is 4.64. The molecule has 0 aliphatic rings. The van der Waals surface area contributed by atoms with E-state index in [2.05, 4.69) is 22.6 Å². The van der Waals surface area contributed by atoms with E-state index in [1.165, 1.54) is 0 Å². The van der Waals surface area contributed by atoms with Crippen molar-refractivity contribution in [3.63, 3.8) is 0 Å². The van der Waals surface area contributed by atoms with Crippen LogP contribution < -0.4 is 0 Å². The van der Waals surface area contributed by atoms with Gasteiger partial charge in [-0.3, -0.25) is 0 Å². The van der Waals surface area contributed by atoms with Crippen LogP contribution in [-0.2, 0) is 0 Å². The predicted octanol–water partition coefficient (Wildman–Crippen LogP) is 2.95. The summed E-state index contributed by atoms with van der Waals surface area (Å²) in [6.07, 6.45) is 3.80. The summed E-state index contributed by atoms with van der Waals surface area (Å²) < 4.78 is 0. The molecule has 10 heavy (non-hydrogen) atoms. The monoisotopic (exact) mass is 174 g/mol. The fourth-order valence-corrected chi connectivity index (χ4v) is 0.710. The Morgan fingerprint density at radius 3 is 1.50 bits per heavy atom. The second-order valence-corrected chi connectivity index (χ2v) is 2.13. The molecule has 0 spiro atoms. The van der Waals surface area contributed by atoms with E-state index in [1.807, 2.05) is 0 Å². The van der Waals surface area contributed by atoms with Gasteiger partial charge in [0.1, 0.15) is 0 Å². The van der Waals surface area contributed by atoms with Crippen molar-refractivity contribution >= 4 is 23.2 Å². The molecule has 0 fully saturated rings. The predicted molar refractivity (Wildman–Crippen MR) is 45.7 cm³/mol. The number of unbranched alkanes of at least 4 members (excludes halogenated alkanes) is 3. The molecular weight excluding hydrogens is 167 g/mol. The summed E-state index contributed by atoms with van der Waals surface area (Å²) in [5.41, 5.74) is 0. The van der Waals surface area contributed by atoms with E-state index in [0.29, 0.717) is 0 Å². The van der Waals surface area contributed by atoms with Crippen LogP contribution in [0.4, 0.5) is 0 Å². The lowest BCUT2D eigenvalue weighted by molar-refractivity contribution is 0.783. The first-order chi connectivity index (χ1) is 4.91. The molecule has 0 atom stereocenters. The summed E-state index contributed by atoms with van der Waals surface area (Å²) in [5.74, 6) is 5.52. The van der Waals surface area contributed by atoms with Gasteiger partial charge in [0, 0.05) is 23.6 Å². The van der Waals surface area contributed by atoms with Crippen molar-refractivity contribution in [1.29, 1.82) is 0 Å². The van der Waals surface area contributed by atoms with Crippen molar-refractivity contribution in [2.45, 2.75) is 25.7 Å². The van der Waals surface area contributed by atoms with Crippen molar-refractivity contribution in [3.05, 3.63) is 0 Å². The van der Waals surface area contributed by atoms with Gasteiger partial charge in [-0.25, -0.2) is 0 Å². The zero-order valence-electron chi connectivity index (χ0n) is 5.58. The first kappa shape index (κ1) is 9.70. The minimum Gasteiger partial charge on any atom is -0.0859 e. The number of halogens is 2. The highest BCUT2D eigenvalue weighted by Gasteiger charge is 1.81. The van der Waals surface area contributed by atoms with E-state index in [-0.39, 0.29) is 0 Å². The third-order valence-corrected chi connectivity index (χ3v) is 1.25. The van der Waals surface area contributed by atoms with Gasteiger partial charge >= 0.3 is 0 Å². The molecule has 0 amide bonds. The van der Waals surface area contributed by atoms with E-state index >= 15 is 0 Å². The normalized spacial score (nSPS) is 7.00. The standard InChI is InChI=1S/C8H8Cl2/c9-7-5-3-1-2-4-6-8-10/h1-4H2. The van der Waals surface area contributed by atoms with Crippen molar-refractivity contribution in [2.24, 2.45) is 0 Å². The minimum absolute atomic E-state index is 0.855. The second kappa shape index (κ2) is 8.70. The maximum Gasteiger partial charge on any atom is 0.0102 e. The SMILES string of the molecule is ClC#CCCCCC#CCl. The van der Waals surface area contributed by atoms with Crippen LogP contribution in [-0.4, -0.2) is 0 Å². The van der Waals surface area contributed by atoms with Gasteiger partial charge in [0.05, 0.1) is 0 Å². The first-order valence-corrected chi connectivity index (χ1v) is 3.84. The highest BCUT2D eigenvalue weighted by Crippen LogP contribution is 1.97. The molecule has 0 aliphatic heterocycles. The first-order valence-electron chi connectivity index (χ1n) is 3.09. The quantitative estimate of drug-likeness (QED) is 0.457. The Morgan fingerprint density at radius 2 is 1.20 bits per heavy atom. The molecule has 0 aromatic carbocycles. The van der Waals surface area contributed by atoms with Gasteiger partial charge < -0.3 is 0 Å². The van der Waals surface area contributed by atoms with Crippen molar-refractivity contribution in [3.8, 4) is 22.6 Å². The highest BCUT2D eigenvalue weighted by molar-refractivity contribution is 6.30. The Bertz CT molecular complexity index is 153. The van der Waals surface area contributed by atoms with Crippen LogP contribution in [0.5, 0.6) is 0 Å². The molecule has 0 aromatic rings. The number of rotatable bonds is 3. The Kier molecular flexibility index (Phi) is 8.44. The molecule has 0 N–H and O–H groups in total. The fourth-order valence-electron chi connectivity index (χ4n) is 0.521. The van der Waals surface area contributed by atoms with Crippen molar-refractivity contribution in [2.75, 3.05) is 0 Å². The van der Waals surface area contributed by atoms with Gasteiger partial charge in [-0.05, 0) is 36.0 Å². The molecule has 0 aliphatic carbocycles. The Balaban J connectivity index is 3.00. The van der Waals surface area contributed by atoms with E-state index < -0.39 is 0 Å². The molecule has 0 rings (SSSR count). The summed E-state index contributed by atoms with van der Waals surface area (Å²) in [6, 6.07) is 0. The van der Waals surface area contributed by atoms with Crippen molar-refractivity contribution < 1.29 is 0 Å². The second-order valence-electron chi connectivity index (χ2n) is 1.75. The van der Waals surface area contributed by atoms with E-state index in [1.54, 1.807) is 0 Å². The number of hydrogen-bond donors (Lipinski definition) is 0. The van der Waals surface area contributed by atoms with E-state index in [0.717, 1.165) is 25.7 Å². The van der Waals surface area contributed by atoms with Crippen LogP contribution >= 0.6 is 23.2 Å². The van der Waals surface area contributed by atoms with Crippen LogP contribution in [0.1, 0.15) is 25.7 Å². The van der Waals surface area contributed by atoms with Crippen LogP contribution in [0.25, 0.3) is 0 Å². The number of hydrogen-bond acceptors (Lipinski definition) is 0. The molecule has 0 unspecified atom stereocenters. The van der Waals surface area contributed by atoms with Crippen LogP contribution in [0.3, 0.4) is 0 Å². The lowest BCUT2D eigenvalue weighted by Crippen LogP contribution is -1.71. The van der Waals surface area contributed by atoms with Crippen LogP contribution in [0.15, 0.2) is 0 Å². The minimum atomic E-state index is 0.855. The summed E-state index contributed by atoms with van der Waals surface area (Å²) >= 11 is 10.3. The van der Waals surface area contributed by atoms with Gasteiger partial charge in [-0.1, -0.05) is 11.8 Å². The lowest BCUT2D eigenvalue weighted by Gasteiger charge is -1.86. The van der Waals surface area contributed by atoms with Gasteiger partial charge in [-0.15, -0.1) is 0 Å². The molecule has 0 nitrogen and oxygen atoms in total. The third-order valence-electron chi connectivity index (χ3n) is 0.987. The van der Waals surface area contributed by atoms with Gasteiger partial charge in [-0.2, -0.15) is 0 Å². The average Bonchev–Trinajstić information content (AvgIpc) is 1.97. The average molecular weight is 175 g/mol. The Labute approximate surface area is 71.9 Å². The summed E-state index contributed by atoms with van der Waals surface area (Å²) in [7, 11) is 0. The zero-order chi connectivity index (χ0) is 7.66. The van der Waals surface area contributed by atoms with Crippen LogP contribution in [0, 0.1) is 22.6 Å². The molecule has 2 heteroatoms. The van der Waals surface area contributed by atoms with Gasteiger partial charge in [0.25, 0.3) is 0 Å². The molecular formula is C8H8Cl2. The molecule has 0 saturated carbocycles. The van der Waals surface area contributed by atoms with E-state index in [4.69, 9.17) is 23.2 Å². The van der Waals surface area contributed by atoms with E-state index in [9.17, 15) is 0 Å². The lowest BCUT2D eigenvalue weighted by atomic mass is 10.2. The highest BCUT2D eigenvalue weighted by atomic mass is 35.5. The Hall–Kier alpha value is -0.300. The summed E-state index contributed by atoms with van der Waals surface area (Å²) in [6.45, 7) is 0. The smallest absolute Gasteiger partial charge is 0.0102 e. The molecule has 0 bridgehead atoms. The molecule has 0 aromatic heterocycles. The van der Waals surface area contributed by atoms with Gasteiger partial charge in [0.15, 0.2) is 0 Å². The third kappa shape index (κ3) is 7.70. The topological polar surface area (TPSA) is 0 Å². The Morgan fingerprint density at radius 1 is 0.800 bits per heavy atom. The molecule has 0 heterocycles. The summed E-state index contributed by atoms with van der Waals surface area (Å²) in [4.78, 5) is 0. The largest absolute Gasteiger partial charge is 0.0859 e. The molecule has 0 saturated heterocycles. The van der Waals surface area contributed by atoms with Crippen LogP contribution in [0.2, 0.25) is 0 Å².